The van der Waals surface area contributed by atoms with Gasteiger partial charge in [-0.2, -0.15) is 0 Å². The highest BCUT2D eigenvalue weighted by molar-refractivity contribution is 6.06. The van der Waals surface area contributed by atoms with E-state index in [2.05, 4.69) is 10.6 Å². The minimum atomic E-state index is -0.771. The second-order valence-corrected chi connectivity index (χ2v) is 6.66. The van der Waals surface area contributed by atoms with Crippen LogP contribution in [0.25, 0.3) is 21.7 Å². The molecule has 4 rings (SSSR count). The average Bonchev–Trinajstić information content (AvgIpc) is 2.81. The third-order valence-electron chi connectivity index (χ3n) is 4.70. The van der Waals surface area contributed by atoms with Gasteiger partial charge in [-0.05, 0) is 35.0 Å². The van der Waals surface area contributed by atoms with E-state index < -0.39 is 17.5 Å². The zero-order valence-corrected chi connectivity index (χ0v) is 16.5. The summed E-state index contributed by atoms with van der Waals surface area (Å²) >= 11 is 0. The van der Waals surface area contributed by atoms with Crippen LogP contribution in [0.15, 0.2) is 93.9 Å². The standard InChI is InChI=1S/C24H18N2O5/c1-30-23(28)20(26-22(27)16-8-3-2-4-9-16)14-25-19-13-18-17-10-6-5-7-15(17)11-12-21(18)31-24(19)29/h2-14,25H,1H3,(H,26,27)/b20-14+. The van der Waals surface area contributed by atoms with Crippen LogP contribution in [-0.4, -0.2) is 19.0 Å². The molecule has 4 aromatic rings. The number of nitrogens with one attached hydrogen (secondary N) is 2. The molecule has 1 aromatic heterocycles. The summed E-state index contributed by atoms with van der Waals surface area (Å²) in [6.07, 6.45) is 1.20. The van der Waals surface area contributed by atoms with Gasteiger partial charge in [0.15, 0.2) is 0 Å². The number of fused-ring (bicyclic) bond motifs is 3. The molecule has 0 fully saturated rings. The maximum absolute atomic E-state index is 12.4. The fourth-order valence-electron chi connectivity index (χ4n) is 3.16. The van der Waals surface area contributed by atoms with E-state index in [-0.39, 0.29) is 11.4 Å². The summed E-state index contributed by atoms with van der Waals surface area (Å²) in [4.78, 5) is 36.9. The number of carbonyl (C=O) groups excluding carboxylic acids is 2. The molecule has 0 spiro atoms. The highest BCUT2D eigenvalue weighted by Crippen LogP contribution is 2.26. The Morgan fingerprint density at radius 2 is 1.68 bits per heavy atom. The molecule has 0 aliphatic heterocycles. The third-order valence-corrected chi connectivity index (χ3v) is 4.70. The number of carbonyl (C=O) groups is 2. The van der Waals surface area contributed by atoms with E-state index in [0.29, 0.717) is 11.1 Å². The van der Waals surface area contributed by atoms with E-state index in [4.69, 9.17) is 9.15 Å². The van der Waals surface area contributed by atoms with Gasteiger partial charge in [-0.1, -0.05) is 48.5 Å². The lowest BCUT2D eigenvalue weighted by Gasteiger charge is -2.09. The number of hydrogen-bond donors (Lipinski definition) is 2. The third kappa shape index (κ3) is 4.16. The molecule has 0 radical (unpaired) electrons. The van der Waals surface area contributed by atoms with Crippen molar-refractivity contribution < 1.29 is 18.7 Å². The number of esters is 1. The molecule has 0 saturated carbocycles. The Hall–Kier alpha value is -4.39. The van der Waals surface area contributed by atoms with Crippen molar-refractivity contribution >= 4 is 39.3 Å². The van der Waals surface area contributed by atoms with Crippen LogP contribution in [0.5, 0.6) is 0 Å². The Balaban J connectivity index is 1.69. The predicted molar refractivity (Wildman–Crippen MR) is 118 cm³/mol. The van der Waals surface area contributed by atoms with Gasteiger partial charge < -0.3 is 19.8 Å². The lowest BCUT2D eigenvalue weighted by molar-refractivity contribution is -0.136. The molecule has 2 N–H and O–H groups in total. The maximum Gasteiger partial charge on any atom is 0.360 e. The summed E-state index contributed by atoms with van der Waals surface area (Å²) in [6, 6.07) is 21.4. The number of anilines is 1. The molecular formula is C24H18N2O5. The highest BCUT2D eigenvalue weighted by atomic mass is 16.5. The summed E-state index contributed by atoms with van der Waals surface area (Å²) in [7, 11) is 1.20. The van der Waals surface area contributed by atoms with Crippen molar-refractivity contribution in [2.24, 2.45) is 0 Å². The van der Waals surface area contributed by atoms with Crippen LogP contribution in [0.3, 0.4) is 0 Å². The smallest absolute Gasteiger partial charge is 0.360 e. The topological polar surface area (TPSA) is 97.6 Å². The van der Waals surface area contributed by atoms with Crippen LogP contribution in [-0.2, 0) is 9.53 Å². The first-order valence-corrected chi connectivity index (χ1v) is 9.44. The van der Waals surface area contributed by atoms with E-state index in [9.17, 15) is 14.4 Å². The molecule has 1 heterocycles. The van der Waals surface area contributed by atoms with Crippen molar-refractivity contribution in [2.45, 2.75) is 0 Å². The van der Waals surface area contributed by atoms with E-state index in [1.165, 1.54) is 13.3 Å². The fraction of sp³-hybridized carbons (Fsp3) is 0.0417. The molecule has 7 heteroatoms. The van der Waals surface area contributed by atoms with Gasteiger partial charge in [-0.25, -0.2) is 9.59 Å². The molecule has 154 valence electrons. The first-order valence-electron chi connectivity index (χ1n) is 9.44. The molecule has 0 unspecified atom stereocenters. The molecule has 0 bridgehead atoms. The van der Waals surface area contributed by atoms with Crippen LogP contribution in [0, 0.1) is 0 Å². The quantitative estimate of drug-likeness (QED) is 0.223. The summed E-state index contributed by atoms with van der Waals surface area (Å²) in [6.45, 7) is 0. The molecule has 0 aliphatic carbocycles. The average molecular weight is 414 g/mol. The van der Waals surface area contributed by atoms with Gasteiger partial charge in [0.05, 0.1) is 7.11 Å². The Labute approximate surface area is 176 Å². The number of ether oxygens (including phenoxy) is 1. The van der Waals surface area contributed by atoms with E-state index in [1.807, 2.05) is 30.3 Å². The van der Waals surface area contributed by atoms with E-state index in [1.54, 1.807) is 42.5 Å². The first-order chi connectivity index (χ1) is 15.1. The molecule has 7 nitrogen and oxygen atoms in total. The minimum Gasteiger partial charge on any atom is -0.464 e. The fourth-order valence-corrected chi connectivity index (χ4v) is 3.16. The summed E-state index contributed by atoms with van der Waals surface area (Å²) in [5.74, 6) is -1.26. The van der Waals surface area contributed by atoms with Crippen molar-refractivity contribution in [2.75, 3.05) is 12.4 Å². The normalized spacial score (nSPS) is 11.3. The predicted octanol–water partition coefficient (Wildman–Crippen LogP) is 3.80. The number of hydrogen-bond acceptors (Lipinski definition) is 6. The molecule has 31 heavy (non-hydrogen) atoms. The van der Waals surface area contributed by atoms with Crippen LogP contribution in [0.2, 0.25) is 0 Å². The number of methoxy groups -OCH3 is 1. The zero-order valence-electron chi connectivity index (χ0n) is 16.5. The van der Waals surface area contributed by atoms with Gasteiger partial charge in [0.1, 0.15) is 17.0 Å². The summed E-state index contributed by atoms with van der Waals surface area (Å²) < 4.78 is 10.2. The van der Waals surface area contributed by atoms with E-state index in [0.717, 1.165) is 16.2 Å². The Morgan fingerprint density at radius 1 is 0.935 bits per heavy atom. The van der Waals surface area contributed by atoms with Crippen molar-refractivity contribution in [3.8, 4) is 0 Å². The molecule has 3 aromatic carbocycles. The van der Waals surface area contributed by atoms with Crippen molar-refractivity contribution in [3.05, 3.63) is 101 Å². The highest BCUT2D eigenvalue weighted by Gasteiger charge is 2.15. The van der Waals surface area contributed by atoms with Crippen LogP contribution < -0.4 is 16.3 Å². The Morgan fingerprint density at radius 3 is 2.45 bits per heavy atom. The molecular weight excluding hydrogens is 396 g/mol. The zero-order chi connectivity index (χ0) is 21.8. The number of benzene rings is 3. The molecule has 0 aliphatic rings. The number of amides is 1. The summed E-state index contributed by atoms with van der Waals surface area (Å²) in [5, 5.41) is 7.90. The number of rotatable bonds is 5. The largest absolute Gasteiger partial charge is 0.464 e. The Bertz CT molecular complexity index is 1370. The Kier molecular flexibility index (Phi) is 5.49. The second kappa shape index (κ2) is 8.54. The van der Waals surface area contributed by atoms with Crippen LogP contribution in [0.4, 0.5) is 5.69 Å². The minimum absolute atomic E-state index is 0.110. The van der Waals surface area contributed by atoms with Gasteiger partial charge in [0.2, 0.25) is 0 Å². The van der Waals surface area contributed by atoms with Crippen LogP contribution >= 0.6 is 0 Å². The van der Waals surface area contributed by atoms with Crippen molar-refractivity contribution in [1.29, 1.82) is 0 Å². The lowest BCUT2D eigenvalue weighted by atomic mass is 10.1. The van der Waals surface area contributed by atoms with Crippen LogP contribution in [0.1, 0.15) is 10.4 Å². The van der Waals surface area contributed by atoms with Gasteiger partial charge in [0.25, 0.3) is 5.91 Å². The van der Waals surface area contributed by atoms with E-state index >= 15 is 0 Å². The van der Waals surface area contributed by atoms with Gasteiger partial charge in [0, 0.05) is 17.1 Å². The van der Waals surface area contributed by atoms with Gasteiger partial charge in [-0.3, -0.25) is 4.79 Å². The van der Waals surface area contributed by atoms with Gasteiger partial charge in [-0.15, -0.1) is 0 Å². The lowest BCUT2D eigenvalue weighted by Crippen LogP contribution is -2.29. The molecule has 0 saturated heterocycles. The molecule has 1 amide bonds. The second-order valence-electron chi connectivity index (χ2n) is 6.66. The molecule has 0 atom stereocenters. The monoisotopic (exact) mass is 414 g/mol. The maximum atomic E-state index is 12.4. The van der Waals surface area contributed by atoms with Crippen molar-refractivity contribution in [3.63, 3.8) is 0 Å². The SMILES string of the molecule is COC(=O)/C(=C\Nc1cc2c(ccc3ccccc32)oc1=O)NC(=O)c1ccccc1. The first kappa shape index (κ1) is 19.9. The summed E-state index contributed by atoms with van der Waals surface area (Å²) in [5.41, 5.74) is 0.156. The van der Waals surface area contributed by atoms with Gasteiger partial charge >= 0.3 is 11.6 Å². The van der Waals surface area contributed by atoms with Crippen molar-refractivity contribution in [1.82, 2.24) is 5.32 Å².